The van der Waals surface area contributed by atoms with E-state index in [9.17, 15) is 0 Å². The maximum atomic E-state index is 3.56. The van der Waals surface area contributed by atoms with Gasteiger partial charge in [0.2, 0.25) is 0 Å². The van der Waals surface area contributed by atoms with Gasteiger partial charge >= 0.3 is 0 Å². The average Bonchev–Trinajstić information content (AvgIpc) is 2.89. The standard InChI is InChI=1S/C16H19N/c1-2-5-15-12-13(7-9-14(15)4-1)8-10-16-6-3-11-17-16/h1-2,4-5,7,9,12,16-17H,3,6,8,10-11H2. The lowest BCUT2D eigenvalue weighted by Gasteiger charge is -2.10. The van der Waals surface area contributed by atoms with Crippen molar-refractivity contribution in [2.24, 2.45) is 0 Å². The van der Waals surface area contributed by atoms with E-state index in [4.69, 9.17) is 0 Å². The zero-order valence-electron chi connectivity index (χ0n) is 10.2. The van der Waals surface area contributed by atoms with E-state index in [1.165, 1.54) is 48.6 Å². The third-order valence-corrected chi connectivity index (χ3v) is 3.76. The Morgan fingerprint density at radius 2 is 1.94 bits per heavy atom. The minimum absolute atomic E-state index is 0.751. The van der Waals surface area contributed by atoms with Crippen LogP contribution >= 0.6 is 0 Å². The summed E-state index contributed by atoms with van der Waals surface area (Å²) in [4.78, 5) is 0. The lowest BCUT2D eigenvalue weighted by molar-refractivity contribution is 0.559. The van der Waals surface area contributed by atoms with Crippen molar-refractivity contribution >= 4 is 10.8 Å². The molecule has 1 atom stereocenters. The number of rotatable bonds is 3. The lowest BCUT2D eigenvalue weighted by atomic mass is 10.0. The van der Waals surface area contributed by atoms with Crippen molar-refractivity contribution < 1.29 is 0 Å². The Labute approximate surface area is 103 Å². The van der Waals surface area contributed by atoms with Gasteiger partial charge in [-0.25, -0.2) is 0 Å². The normalized spacial score (nSPS) is 19.9. The molecule has 0 aromatic heterocycles. The Balaban J connectivity index is 1.72. The van der Waals surface area contributed by atoms with Crippen LogP contribution in [-0.4, -0.2) is 12.6 Å². The predicted octanol–water partition coefficient (Wildman–Crippen LogP) is 3.52. The van der Waals surface area contributed by atoms with Gasteiger partial charge < -0.3 is 5.32 Å². The van der Waals surface area contributed by atoms with Crippen molar-refractivity contribution in [3.05, 3.63) is 48.0 Å². The molecular weight excluding hydrogens is 206 g/mol. The molecule has 2 aromatic rings. The topological polar surface area (TPSA) is 12.0 Å². The maximum Gasteiger partial charge on any atom is 0.00707 e. The zero-order chi connectivity index (χ0) is 11.5. The highest BCUT2D eigenvalue weighted by molar-refractivity contribution is 5.82. The predicted molar refractivity (Wildman–Crippen MR) is 73.3 cm³/mol. The highest BCUT2D eigenvalue weighted by atomic mass is 14.9. The molecule has 3 rings (SSSR count). The monoisotopic (exact) mass is 225 g/mol. The molecule has 0 bridgehead atoms. The SMILES string of the molecule is c1ccc2cc(CCC3CCCN3)ccc2c1. The highest BCUT2D eigenvalue weighted by Crippen LogP contribution is 2.18. The summed E-state index contributed by atoms with van der Waals surface area (Å²) in [6.07, 6.45) is 5.18. The molecule has 1 saturated heterocycles. The van der Waals surface area contributed by atoms with E-state index in [2.05, 4.69) is 47.8 Å². The van der Waals surface area contributed by atoms with E-state index in [1.807, 2.05) is 0 Å². The van der Waals surface area contributed by atoms with E-state index in [1.54, 1.807) is 0 Å². The molecule has 1 heterocycles. The van der Waals surface area contributed by atoms with Gasteiger partial charge in [-0.05, 0) is 48.6 Å². The van der Waals surface area contributed by atoms with Gasteiger partial charge in [-0.1, -0.05) is 42.5 Å². The molecule has 1 N–H and O–H groups in total. The number of nitrogens with one attached hydrogen (secondary N) is 1. The largest absolute Gasteiger partial charge is 0.314 e. The quantitative estimate of drug-likeness (QED) is 0.842. The molecule has 1 aliphatic rings. The van der Waals surface area contributed by atoms with Crippen LogP contribution in [-0.2, 0) is 6.42 Å². The molecule has 1 fully saturated rings. The molecule has 1 aliphatic heterocycles. The van der Waals surface area contributed by atoms with Crippen LogP contribution < -0.4 is 5.32 Å². The second-order valence-corrected chi connectivity index (χ2v) is 5.01. The molecule has 0 radical (unpaired) electrons. The fourth-order valence-corrected chi connectivity index (χ4v) is 2.74. The summed E-state index contributed by atoms with van der Waals surface area (Å²) in [5.41, 5.74) is 1.47. The van der Waals surface area contributed by atoms with Gasteiger partial charge in [0, 0.05) is 6.04 Å². The molecule has 17 heavy (non-hydrogen) atoms. The fourth-order valence-electron chi connectivity index (χ4n) is 2.74. The van der Waals surface area contributed by atoms with Gasteiger partial charge in [0.25, 0.3) is 0 Å². The Morgan fingerprint density at radius 3 is 2.76 bits per heavy atom. The van der Waals surface area contributed by atoms with Gasteiger partial charge in [0.15, 0.2) is 0 Å². The third kappa shape index (κ3) is 2.50. The van der Waals surface area contributed by atoms with Crippen LogP contribution in [0.5, 0.6) is 0 Å². The van der Waals surface area contributed by atoms with Gasteiger partial charge in [0.05, 0.1) is 0 Å². The molecule has 0 saturated carbocycles. The molecule has 2 aromatic carbocycles. The summed E-state index contributed by atoms with van der Waals surface area (Å²) >= 11 is 0. The van der Waals surface area contributed by atoms with Crippen LogP contribution in [0, 0.1) is 0 Å². The third-order valence-electron chi connectivity index (χ3n) is 3.76. The Bertz CT molecular complexity index is 498. The molecule has 1 heteroatoms. The summed E-state index contributed by atoms with van der Waals surface area (Å²) < 4.78 is 0. The molecule has 1 unspecified atom stereocenters. The molecule has 0 spiro atoms. The van der Waals surface area contributed by atoms with Crippen LogP contribution in [0.2, 0.25) is 0 Å². The Hall–Kier alpha value is -1.34. The van der Waals surface area contributed by atoms with Crippen molar-refractivity contribution in [1.29, 1.82) is 0 Å². The number of hydrogen-bond acceptors (Lipinski definition) is 1. The number of benzene rings is 2. The lowest BCUT2D eigenvalue weighted by Crippen LogP contribution is -2.21. The maximum absolute atomic E-state index is 3.56. The number of aryl methyl sites for hydroxylation is 1. The molecule has 0 amide bonds. The first-order valence-corrected chi connectivity index (χ1v) is 6.63. The average molecular weight is 225 g/mol. The van der Waals surface area contributed by atoms with E-state index < -0.39 is 0 Å². The summed E-state index contributed by atoms with van der Waals surface area (Å²) in [7, 11) is 0. The van der Waals surface area contributed by atoms with Crippen molar-refractivity contribution in [2.75, 3.05) is 6.54 Å². The zero-order valence-corrected chi connectivity index (χ0v) is 10.2. The van der Waals surface area contributed by atoms with E-state index in [0.717, 1.165) is 6.04 Å². The van der Waals surface area contributed by atoms with Gasteiger partial charge in [-0.3, -0.25) is 0 Å². The van der Waals surface area contributed by atoms with Crippen molar-refractivity contribution in [1.82, 2.24) is 5.32 Å². The van der Waals surface area contributed by atoms with Crippen LogP contribution in [0.25, 0.3) is 10.8 Å². The first kappa shape index (κ1) is 10.8. The van der Waals surface area contributed by atoms with Crippen LogP contribution in [0.3, 0.4) is 0 Å². The summed E-state index contributed by atoms with van der Waals surface area (Å²) in [5.74, 6) is 0. The van der Waals surface area contributed by atoms with Crippen molar-refractivity contribution in [3.8, 4) is 0 Å². The van der Waals surface area contributed by atoms with E-state index in [0.29, 0.717) is 0 Å². The van der Waals surface area contributed by atoms with E-state index in [-0.39, 0.29) is 0 Å². The van der Waals surface area contributed by atoms with Crippen LogP contribution in [0.15, 0.2) is 42.5 Å². The second kappa shape index (κ2) is 4.89. The Morgan fingerprint density at radius 1 is 1.06 bits per heavy atom. The second-order valence-electron chi connectivity index (χ2n) is 5.01. The minimum Gasteiger partial charge on any atom is -0.314 e. The van der Waals surface area contributed by atoms with Crippen molar-refractivity contribution in [2.45, 2.75) is 31.7 Å². The minimum atomic E-state index is 0.751. The van der Waals surface area contributed by atoms with E-state index >= 15 is 0 Å². The van der Waals surface area contributed by atoms with Gasteiger partial charge in [0.1, 0.15) is 0 Å². The first-order chi connectivity index (χ1) is 8.42. The summed E-state index contributed by atoms with van der Waals surface area (Å²) in [6, 6.07) is 16.2. The number of hydrogen-bond donors (Lipinski definition) is 1. The number of fused-ring (bicyclic) bond motifs is 1. The highest BCUT2D eigenvalue weighted by Gasteiger charge is 2.13. The first-order valence-electron chi connectivity index (χ1n) is 6.63. The molecule has 1 nitrogen and oxygen atoms in total. The van der Waals surface area contributed by atoms with Crippen molar-refractivity contribution in [3.63, 3.8) is 0 Å². The Kier molecular flexibility index (Phi) is 3.10. The van der Waals surface area contributed by atoms with Crippen LogP contribution in [0.4, 0.5) is 0 Å². The van der Waals surface area contributed by atoms with Gasteiger partial charge in [-0.15, -0.1) is 0 Å². The fraction of sp³-hybridized carbons (Fsp3) is 0.375. The van der Waals surface area contributed by atoms with Crippen LogP contribution in [0.1, 0.15) is 24.8 Å². The molecular formula is C16H19N. The van der Waals surface area contributed by atoms with Gasteiger partial charge in [-0.2, -0.15) is 0 Å². The molecule has 88 valence electrons. The summed E-state index contributed by atoms with van der Waals surface area (Å²) in [5, 5.41) is 6.27. The smallest absolute Gasteiger partial charge is 0.00707 e. The summed E-state index contributed by atoms with van der Waals surface area (Å²) in [6.45, 7) is 1.21. The molecule has 0 aliphatic carbocycles.